The highest BCUT2D eigenvalue weighted by atomic mass is 16.2. The smallest absolute Gasteiger partial charge is 0.227 e. The molecule has 3 rings (SSSR count). The van der Waals surface area contributed by atoms with E-state index in [0.29, 0.717) is 5.91 Å². The number of rotatable bonds is 2. The molecule has 2 heterocycles. The molecule has 108 valence electrons. The number of hydrogen-bond donors (Lipinski definition) is 1. The summed E-state index contributed by atoms with van der Waals surface area (Å²) < 4.78 is 0. The van der Waals surface area contributed by atoms with Gasteiger partial charge in [-0.05, 0) is 44.7 Å². The van der Waals surface area contributed by atoms with Crippen LogP contribution in [-0.4, -0.2) is 30.4 Å². The van der Waals surface area contributed by atoms with E-state index in [-0.39, 0.29) is 12.0 Å². The zero-order chi connectivity index (χ0) is 13.9. The summed E-state index contributed by atoms with van der Waals surface area (Å²) in [6, 6.07) is 8.99. The van der Waals surface area contributed by atoms with Crippen molar-refractivity contribution in [1.82, 2.24) is 10.2 Å². The SMILES string of the molecule is Cc1ccc(C2CCCCN2C(=O)C2CCNC2)cc1. The van der Waals surface area contributed by atoms with Gasteiger partial charge in [0.05, 0.1) is 12.0 Å². The zero-order valence-electron chi connectivity index (χ0n) is 12.3. The molecule has 2 fully saturated rings. The molecule has 0 bridgehead atoms. The molecule has 3 heteroatoms. The predicted octanol–water partition coefficient (Wildman–Crippen LogP) is 2.66. The van der Waals surface area contributed by atoms with E-state index in [1.165, 1.54) is 17.5 Å². The van der Waals surface area contributed by atoms with Crippen LogP contribution < -0.4 is 5.32 Å². The average Bonchev–Trinajstić information content (AvgIpc) is 3.02. The van der Waals surface area contributed by atoms with Crippen molar-refractivity contribution in [3.63, 3.8) is 0 Å². The number of nitrogens with zero attached hydrogens (tertiary/aromatic N) is 1. The Kier molecular flexibility index (Phi) is 4.06. The quantitative estimate of drug-likeness (QED) is 0.897. The molecule has 20 heavy (non-hydrogen) atoms. The first-order valence-electron chi connectivity index (χ1n) is 7.83. The number of nitrogens with one attached hydrogen (secondary N) is 1. The summed E-state index contributed by atoms with van der Waals surface area (Å²) in [4.78, 5) is 14.9. The third-order valence-electron chi connectivity index (χ3n) is 4.66. The number of hydrogen-bond acceptors (Lipinski definition) is 2. The maximum atomic E-state index is 12.7. The van der Waals surface area contributed by atoms with Crippen molar-refractivity contribution in [2.75, 3.05) is 19.6 Å². The molecule has 0 aliphatic carbocycles. The zero-order valence-corrected chi connectivity index (χ0v) is 12.3. The van der Waals surface area contributed by atoms with Gasteiger partial charge in [-0.2, -0.15) is 0 Å². The Hall–Kier alpha value is -1.35. The number of likely N-dealkylation sites (tertiary alicyclic amines) is 1. The van der Waals surface area contributed by atoms with E-state index in [1.54, 1.807) is 0 Å². The Bertz CT molecular complexity index is 462. The number of carbonyl (C=O) groups excluding carboxylic acids is 1. The lowest BCUT2D eigenvalue weighted by molar-refractivity contribution is -0.138. The fourth-order valence-electron chi connectivity index (χ4n) is 3.43. The summed E-state index contributed by atoms with van der Waals surface area (Å²) in [6.45, 7) is 4.88. The maximum absolute atomic E-state index is 12.7. The van der Waals surface area contributed by atoms with Crippen molar-refractivity contribution in [2.45, 2.75) is 38.6 Å². The van der Waals surface area contributed by atoms with E-state index in [4.69, 9.17) is 0 Å². The maximum Gasteiger partial charge on any atom is 0.227 e. The molecule has 0 spiro atoms. The van der Waals surface area contributed by atoms with Crippen LogP contribution in [0.1, 0.15) is 42.9 Å². The molecule has 2 aliphatic rings. The van der Waals surface area contributed by atoms with Crippen LogP contribution in [0.4, 0.5) is 0 Å². The highest BCUT2D eigenvalue weighted by Crippen LogP contribution is 2.32. The summed E-state index contributed by atoms with van der Waals surface area (Å²) in [7, 11) is 0. The van der Waals surface area contributed by atoms with Crippen molar-refractivity contribution in [3.8, 4) is 0 Å². The molecular weight excluding hydrogens is 248 g/mol. The lowest BCUT2D eigenvalue weighted by Gasteiger charge is -2.37. The van der Waals surface area contributed by atoms with E-state index in [9.17, 15) is 4.79 Å². The van der Waals surface area contributed by atoms with Crippen LogP contribution in [0.2, 0.25) is 0 Å². The van der Waals surface area contributed by atoms with Crippen molar-refractivity contribution in [3.05, 3.63) is 35.4 Å². The molecule has 2 unspecified atom stereocenters. The molecule has 0 aromatic heterocycles. The molecular formula is C17H24N2O. The van der Waals surface area contributed by atoms with Crippen molar-refractivity contribution >= 4 is 5.91 Å². The second kappa shape index (κ2) is 5.96. The fourth-order valence-corrected chi connectivity index (χ4v) is 3.43. The van der Waals surface area contributed by atoms with Gasteiger partial charge in [0, 0.05) is 13.1 Å². The molecule has 2 saturated heterocycles. The molecule has 1 amide bonds. The largest absolute Gasteiger partial charge is 0.335 e. The van der Waals surface area contributed by atoms with Crippen molar-refractivity contribution in [2.24, 2.45) is 5.92 Å². The lowest BCUT2D eigenvalue weighted by atomic mass is 9.93. The second-order valence-corrected chi connectivity index (χ2v) is 6.14. The monoisotopic (exact) mass is 272 g/mol. The summed E-state index contributed by atoms with van der Waals surface area (Å²) in [5.74, 6) is 0.557. The van der Waals surface area contributed by atoms with Crippen LogP contribution in [0, 0.1) is 12.8 Å². The average molecular weight is 272 g/mol. The Balaban J connectivity index is 1.79. The molecule has 1 aromatic rings. The summed E-state index contributed by atoms with van der Waals surface area (Å²) in [5, 5.41) is 3.31. The third-order valence-corrected chi connectivity index (χ3v) is 4.66. The van der Waals surface area contributed by atoms with Crippen LogP contribution in [0.5, 0.6) is 0 Å². The topological polar surface area (TPSA) is 32.3 Å². The van der Waals surface area contributed by atoms with Gasteiger partial charge in [-0.3, -0.25) is 4.79 Å². The van der Waals surface area contributed by atoms with Gasteiger partial charge in [-0.1, -0.05) is 29.8 Å². The standard InChI is InChI=1S/C17H24N2O/c1-13-5-7-14(8-6-13)16-4-2-3-11-19(16)17(20)15-9-10-18-12-15/h5-8,15-16,18H,2-4,9-12H2,1H3. The number of amides is 1. The van der Waals surface area contributed by atoms with Gasteiger partial charge >= 0.3 is 0 Å². The predicted molar refractivity (Wildman–Crippen MR) is 80.5 cm³/mol. The van der Waals surface area contributed by atoms with E-state index in [1.807, 2.05) is 0 Å². The van der Waals surface area contributed by atoms with Crippen LogP contribution in [-0.2, 0) is 4.79 Å². The third kappa shape index (κ3) is 2.73. The molecule has 2 aliphatic heterocycles. The minimum absolute atomic E-state index is 0.195. The van der Waals surface area contributed by atoms with Gasteiger partial charge in [0.25, 0.3) is 0 Å². The molecule has 1 N–H and O–H groups in total. The van der Waals surface area contributed by atoms with Crippen LogP contribution in [0.3, 0.4) is 0 Å². The molecule has 1 aromatic carbocycles. The van der Waals surface area contributed by atoms with Crippen LogP contribution in [0.25, 0.3) is 0 Å². The molecule has 0 saturated carbocycles. The number of aryl methyl sites for hydroxylation is 1. The minimum Gasteiger partial charge on any atom is -0.335 e. The summed E-state index contributed by atoms with van der Waals surface area (Å²) in [5.41, 5.74) is 2.58. The number of piperidine rings is 1. The van der Waals surface area contributed by atoms with Crippen molar-refractivity contribution in [1.29, 1.82) is 0 Å². The van der Waals surface area contributed by atoms with Gasteiger partial charge < -0.3 is 10.2 Å². The van der Waals surface area contributed by atoms with Gasteiger partial charge in [0.1, 0.15) is 0 Å². The first-order valence-corrected chi connectivity index (χ1v) is 7.83. The Morgan fingerprint density at radius 2 is 2.00 bits per heavy atom. The summed E-state index contributed by atoms with van der Waals surface area (Å²) >= 11 is 0. The minimum atomic E-state index is 0.195. The highest BCUT2D eigenvalue weighted by Gasteiger charge is 2.33. The molecule has 2 atom stereocenters. The van der Waals surface area contributed by atoms with Crippen LogP contribution >= 0.6 is 0 Å². The van der Waals surface area contributed by atoms with E-state index >= 15 is 0 Å². The normalized spacial score (nSPS) is 26.8. The Morgan fingerprint density at radius 1 is 1.20 bits per heavy atom. The van der Waals surface area contributed by atoms with E-state index in [0.717, 1.165) is 38.9 Å². The van der Waals surface area contributed by atoms with Gasteiger partial charge in [-0.25, -0.2) is 0 Å². The Morgan fingerprint density at radius 3 is 2.70 bits per heavy atom. The highest BCUT2D eigenvalue weighted by molar-refractivity contribution is 5.80. The van der Waals surface area contributed by atoms with Gasteiger partial charge in [0.2, 0.25) is 5.91 Å². The Labute approximate surface area is 121 Å². The van der Waals surface area contributed by atoms with Gasteiger partial charge in [0.15, 0.2) is 0 Å². The number of carbonyl (C=O) groups is 1. The molecule has 0 radical (unpaired) electrons. The first-order chi connectivity index (χ1) is 9.75. The summed E-state index contributed by atoms with van der Waals surface area (Å²) in [6.07, 6.45) is 4.48. The van der Waals surface area contributed by atoms with E-state index < -0.39 is 0 Å². The lowest BCUT2D eigenvalue weighted by Crippen LogP contribution is -2.42. The van der Waals surface area contributed by atoms with Gasteiger partial charge in [-0.15, -0.1) is 0 Å². The van der Waals surface area contributed by atoms with Crippen molar-refractivity contribution < 1.29 is 4.79 Å². The van der Waals surface area contributed by atoms with Crippen LogP contribution in [0.15, 0.2) is 24.3 Å². The first kappa shape index (κ1) is 13.6. The number of benzene rings is 1. The second-order valence-electron chi connectivity index (χ2n) is 6.14. The van der Waals surface area contributed by atoms with E-state index in [2.05, 4.69) is 41.4 Å². The fraction of sp³-hybridized carbons (Fsp3) is 0.588. The molecule has 3 nitrogen and oxygen atoms in total.